The van der Waals surface area contributed by atoms with Crippen molar-refractivity contribution in [1.29, 1.82) is 0 Å². The predicted molar refractivity (Wildman–Crippen MR) is 82.8 cm³/mol. The number of benzene rings is 2. The smallest absolute Gasteiger partial charge is 0.258 e. The standard InChI is InChI=1S/C15H12BrFN2O2/c1-9(20)18-11-3-2-4-12(8-11)19-15(21)13-6-5-10(16)7-14(13)17/h2-8H,1H3,(H,18,20)(H,19,21). The zero-order valence-electron chi connectivity index (χ0n) is 11.1. The lowest BCUT2D eigenvalue weighted by molar-refractivity contribution is -0.114. The Hall–Kier alpha value is -2.21. The van der Waals surface area contributed by atoms with E-state index < -0.39 is 11.7 Å². The normalized spacial score (nSPS) is 10.0. The van der Waals surface area contributed by atoms with Gasteiger partial charge >= 0.3 is 0 Å². The largest absolute Gasteiger partial charge is 0.326 e. The van der Waals surface area contributed by atoms with Crippen LogP contribution in [0.2, 0.25) is 0 Å². The van der Waals surface area contributed by atoms with Crippen molar-refractivity contribution in [3.8, 4) is 0 Å². The van der Waals surface area contributed by atoms with Crippen LogP contribution in [-0.2, 0) is 4.79 Å². The number of carbonyl (C=O) groups is 2. The summed E-state index contributed by atoms with van der Waals surface area (Å²) in [7, 11) is 0. The molecule has 4 nitrogen and oxygen atoms in total. The van der Waals surface area contributed by atoms with Gasteiger partial charge in [-0.25, -0.2) is 4.39 Å². The van der Waals surface area contributed by atoms with Gasteiger partial charge in [-0.1, -0.05) is 22.0 Å². The van der Waals surface area contributed by atoms with Crippen molar-refractivity contribution in [1.82, 2.24) is 0 Å². The minimum Gasteiger partial charge on any atom is -0.326 e. The fourth-order valence-electron chi connectivity index (χ4n) is 1.75. The fraction of sp³-hybridized carbons (Fsp3) is 0.0667. The Balaban J connectivity index is 2.17. The zero-order chi connectivity index (χ0) is 15.4. The van der Waals surface area contributed by atoms with Crippen LogP contribution >= 0.6 is 15.9 Å². The summed E-state index contributed by atoms with van der Waals surface area (Å²) in [6.07, 6.45) is 0. The molecule has 2 N–H and O–H groups in total. The number of nitrogens with one attached hydrogen (secondary N) is 2. The number of rotatable bonds is 3. The van der Waals surface area contributed by atoms with Gasteiger partial charge in [0.05, 0.1) is 5.56 Å². The maximum Gasteiger partial charge on any atom is 0.258 e. The van der Waals surface area contributed by atoms with Crippen molar-refractivity contribution in [2.45, 2.75) is 6.92 Å². The van der Waals surface area contributed by atoms with Gasteiger partial charge in [-0.15, -0.1) is 0 Å². The highest BCUT2D eigenvalue weighted by molar-refractivity contribution is 9.10. The topological polar surface area (TPSA) is 58.2 Å². The summed E-state index contributed by atoms with van der Waals surface area (Å²) >= 11 is 3.13. The van der Waals surface area contributed by atoms with E-state index in [1.54, 1.807) is 30.3 Å². The van der Waals surface area contributed by atoms with E-state index in [0.29, 0.717) is 15.8 Å². The Bertz CT molecular complexity index is 704. The molecule has 2 rings (SSSR count). The molecule has 0 aliphatic carbocycles. The van der Waals surface area contributed by atoms with Gasteiger partial charge < -0.3 is 10.6 Å². The highest BCUT2D eigenvalue weighted by atomic mass is 79.9. The van der Waals surface area contributed by atoms with Gasteiger partial charge in [0.1, 0.15) is 5.82 Å². The summed E-state index contributed by atoms with van der Waals surface area (Å²) in [6, 6.07) is 10.8. The Labute approximate surface area is 129 Å². The van der Waals surface area contributed by atoms with Crippen molar-refractivity contribution in [2.75, 3.05) is 10.6 Å². The van der Waals surface area contributed by atoms with Crippen LogP contribution in [0.3, 0.4) is 0 Å². The molecule has 2 aromatic carbocycles. The molecule has 0 aliphatic rings. The second-order valence-corrected chi connectivity index (χ2v) is 5.26. The lowest BCUT2D eigenvalue weighted by Crippen LogP contribution is -2.14. The molecule has 0 aromatic heterocycles. The molecule has 0 atom stereocenters. The molecular formula is C15H12BrFN2O2. The molecule has 0 radical (unpaired) electrons. The molecule has 21 heavy (non-hydrogen) atoms. The number of hydrogen-bond acceptors (Lipinski definition) is 2. The van der Waals surface area contributed by atoms with Gasteiger partial charge in [-0.2, -0.15) is 0 Å². The third kappa shape index (κ3) is 4.13. The third-order valence-electron chi connectivity index (χ3n) is 2.62. The Morgan fingerprint density at radius 1 is 1.05 bits per heavy atom. The van der Waals surface area contributed by atoms with E-state index in [-0.39, 0.29) is 11.5 Å². The highest BCUT2D eigenvalue weighted by Gasteiger charge is 2.12. The van der Waals surface area contributed by atoms with Crippen LogP contribution in [0.5, 0.6) is 0 Å². The monoisotopic (exact) mass is 350 g/mol. The first-order chi connectivity index (χ1) is 9.95. The second kappa shape index (κ2) is 6.49. The number of halogens is 2. The van der Waals surface area contributed by atoms with E-state index in [0.717, 1.165) is 0 Å². The van der Waals surface area contributed by atoms with E-state index >= 15 is 0 Å². The molecule has 0 saturated carbocycles. The lowest BCUT2D eigenvalue weighted by atomic mass is 10.2. The van der Waals surface area contributed by atoms with E-state index in [9.17, 15) is 14.0 Å². The van der Waals surface area contributed by atoms with Crippen LogP contribution in [0.1, 0.15) is 17.3 Å². The molecule has 2 amide bonds. The minimum atomic E-state index is -0.611. The SMILES string of the molecule is CC(=O)Nc1cccc(NC(=O)c2ccc(Br)cc2F)c1. The number of hydrogen-bond donors (Lipinski definition) is 2. The van der Waals surface area contributed by atoms with Gasteiger partial charge in [-0.3, -0.25) is 9.59 Å². The predicted octanol–water partition coefficient (Wildman–Crippen LogP) is 3.80. The Morgan fingerprint density at radius 2 is 1.71 bits per heavy atom. The molecule has 0 unspecified atom stereocenters. The first kappa shape index (κ1) is 15.2. The molecule has 0 heterocycles. The minimum absolute atomic E-state index is 0.0527. The van der Waals surface area contributed by atoms with Crippen molar-refractivity contribution in [2.24, 2.45) is 0 Å². The van der Waals surface area contributed by atoms with Crippen molar-refractivity contribution >= 4 is 39.1 Å². The summed E-state index contributed by atoms with van der Waals surface area (Å²) in [5.41, 5.74) is 0.966. The van der Waals surface area contributed by atoms with Gasteiger partial charge in [-0.05, 0) is 36.4 Å². The highest BCUT2D eigenvalue weighted by Crippen LogP contribution is 2.19. The van der Waals surface area contributed by atoms with E-state index in [4.69, 9.17) is 0 Å². The lowest BCUT2D eigenvalue weighted by Gasteiger charge is -2.08. The number of carbonyl (C=O) groups excluding carboxylic acids is 2. The zero-order valence-corrected chi connectivity index (χ0v) is 12.7. The van der Waals surface area contributed by atoms with Gasteiger partial charge in [0.25, 0.3) is 5.91 Å². The summed E-state index contributed by atoms with van der Waals surface area (Å²) in [4.78, 5) is 23.0. The Morgan fingerprint density at radius 3 is 2.33 bits per heavy atom. The molecule has 0 saturated heterocycles. The van der Waals surface area contributed by atoms with E-state index in [1.165, 1.54) is 19.1 Å². The van der Waals surface area contributed by atoms with Crippen LogP contribution in [0, 0.1) is 5.82 Å². The summed E-state index contributed by atoms with van der Waals surface area (Å²) in [5, 5.41) is 5.19. The number of anilines is 2. The quantitative estimate of drug-likeness (QED) is 0.884. The summed E-state index contributed by atoms with van der Waals surface area (Å²) < 4.78 is 14.3. The molecular weight excluding hydrogens is 339 g/mol. The summed E-state index contributed by atoms with van der Waals surface area (Å²) in [5.74, 6) is -1.38. The average Bonchev–Trinajstić information content (AvgIpc) is 2.37. The van der Waals surface area contributed by atoms with Gasteiger partial charge in [0.2, 0.25) is 5.91 Å². The Kier molecular flexibility index (Phi) is 4.70. The maximum atomic E-state index is 13.7. The fourth-order valence-corrected chi connectivity index (χ4v) is 2.08. The van der Waals surface area contributed by atoms with Crippen molar-refractivity contribution in [3.63, 3.8) is 0 Å². The molecule has 0 aliphatic heterocycles. The first-order valence-corrected chi connectivity index (χ1v) is 6.89. The van der Waals surface area contributed by atoms with Crippen LogP contribution in [0.25, 0.3) is 0 Å². The third-order valence-corrected chi connectivity index (χ3v) is 3.11. The van der Waals surface area contributed by atoms with Gasteiger partial charge in [0, 0.05) is 22.8 Å². The molecule has 108 valence electrons. The molecule has 6 heteroatoms. The van der Waals surface area contributed by atoms with Crippen LogP contribution in [0.4, 0.5) is 15.8 Å². The van der Waals surface area contributed by atoms with Crippen LogP contribution in [-0.4, -0.2) is 11.8 Å². The molecule has 0 spiro atoms. The van der Waals surface area contributed by atoms with E-state index in [2.05, 4.69) is 26.6 Å². The van der Waals surface area contributed by atoms with Crippen molar-refractivity contribution < 1.29 is 14.0 Å². The molecule has 2 aromatic rings. The second-order valence-electron chi connectivity index (χ2n) is 4.34. The van der Waals surface area contributed by atoms with E-state index in [1.807, 2.05) is 0 Å². The molecule has 0 fully saturated rings. The molecule has 0 bridgehead atoms. The van der Waals surface area contributed by atoms with Crippen LogP contribution < -0.4 is 10.6 Å². The van der Waals surface area contributed by atoms with Crippen molar-refractivity contribution in [3.05, 3.63) is 58.3 Å². The number of amides is 2. The summed E-state index contributed by atoms with van der Waals surface area (Å²) in [6.45, 7) is 1.39. The van der Waals surface area contributed by atoms with Crippen LogP contribution in [0.15, 0.2) is 46.9 Å². The maximum absolute atomic E-state index is 13.7. The average molecular weight is 351 g/mol. The first-order valence-electron chi connectivity index (χ1n) is 6.10. The van der Waals surface area contributed by atoms with Gasteiger partial charge in [0.15, 0.2) is 0 Å².